The Labute approximate surface area is 221 Å². The van der Waals surface area contributed by atoms with E-state index in [4.69, 9.17) is 10.5 Å². The summed E-state index contributed by atoms with van der Waals surface area (Å²) in [6.07, 6.45) is 2.59. The molecule has 0 heterocycles. The first-order chi connectivity index (χ1) is 17.6. The van der Waals surface area contributed by atoms with Crippen LogP contribution in [0.4, 0.5) is 5.69 Å². The summed E-state index contributed by atoms with van der Waals surface area (Å²) in [6, 6.07) is 14.9. The molecule has 0 aliphatic heterocycles. The first-order valence-electron chi connectivity index (χ1n) is 12.9. The summed E-state index contributed by atoms with van der Waals surface area (Å²) in [7, 11) is -2.30. The average molecular weight is 532 g/mol. The molecule has 0 bridgehead atoms. The van der Waals surface area contributed by atoms with Crippen LogP contribution in [0.2, 0.25) is 0 Å². The molecule has 3 rings (SSSR count). The number of benzene rings is 2. The maximum absolute atomic E-state index is 13.5. The highest BCUT2D eigenvalue weighted by Gasteiger charge is 2.43. The second-order valence-electron chi connectivity index (χ2n) is 10.5. The van der Waals surface area contributed by atoms with Crippen molar-refractivity contribution in [3.63, 3.8) is 0 Å². The minimum absolute atomic E-state index is 0.0291. The molecule has 9 heteroatoms. The summed E-state index contributed by atoms with van der Waals surface area (Å²) in [6.45, 7) is 4.24. The Bertz CT molecular complexity index is 1100. The summed E-state index contributed by atoms with van der Waals surface area (Å²) in [5.74, 6) is -0.120. The van der Waals surface area contributed by atoms with E-state index < -0.39 is 27.6 Å². The summed E-state index contributed by atoms with van der Waals surface area (Å²) in [5.41, 5.74) is 6.54. The fraction of sp³-hybridized carbons (Fsp3) is 0.536. The third-order valence-corrected chi connectivity index (χ3v) is 8.87. The molecular weight excluding hydrogens is 490 g/mol. The molecule has 1 fully saturated rings. The zero-order valence-electron chi connectivity index (χ0n) is 22.1. The molecular formula is C28H41N3O5S. The van der Waals surface area contributed by atoms with E-state index in [1.54, 1.807) is 19.2 Å². The van der Waals surface area contributed by atoms with E-state index in [1.807, 2.05) is 44.2 Å². The van der Waals surface area contributed by atoms with Gasteiger partial charge in [-0.3, -0.25) is 4.79 Å². The van der Waals surface area contributed by atoms with Crippen molar-refractivity contribution in [1.29, 1.82) is 0 Å². The van der Waals surface area contributed by atoms with E-state index in [0.29, 0.717) is 18.7 Å². The molecule has 2 aromatic rings. The van der Waals surface area contributed by atoms with Crippen molar-refractivity contribution in [1.82, 2.24) is 9.62 Å². The molecule has 1 aliphatic rings. The minimum atomic E-state index is -3.89. The Morgan fingerprint density at radius 2 is 1.70 bits per heavy atom. The first-order valence-corrected chi connectivity index (χ1v) is 14.4. The average Bonchev–Trinajstić information content (AvgIpc) is 3.34. The van der Waals surface area contributed by atoms with Crippen molar-refractivity contribution in [2.75, 3.05) is 32.5 Å². The first kappa shape index (κ1) is 29.1. The van der Waals surface area contributed by atoms with Crippen molar-refractivity contribution in [2.24, 2.45) is 11.3 Å². The van der Waals surface area contributed by atoms with Crippen LogP contribution in [-0.2, 0) is 26.0 Å². The molecule has 1 amide bonds. The van der Waals surface area contributed by atoms with Gasteiger partial charge in [-0.25, -0.2) is 8.42 Å². The number of nitrogens with one attached hydrogen (secondary N) is 1. The number of carbonyl (C=O) groups excluding carboxylic acids is 1. The third kappa shape index (κ3) is 7.54. The number of nitrogens with two attached hydrogens (primary N) is 1. The van der Waals surface area contributed by atoms with E-state index in [1.165, 1.54) is 16.4 Å². The highest BCUT2D eigenvalue weighted by molar-refractivity contribution is 7.89. The predicted molar refractivity (Wildman–Crippen MR) is 145 cm³/mol. The molecule has 2 atom stereocenters. The van der Waals surface area contributed by atoms with Gasteiger partial charge in [0.05, 0.1) is 29.1 Å². The number of carbonyl (C=O) groups is 1. The molecule has 2 aromatic carbocycles. The zero-order chi connectivity index (χ0) is 27.1. The van der Waals surface area contributed by atoms with Crippen molar-refractivity contribution in [3.8, 4) is 0 Å². The van der Waals surface area contributed by atoms with Crippen molar-refractivity contribution in [2.45, 2.75) is 63.0 Å². The van der Waals surface area contributed by atoms with E-state index in [0.717, 1.165) is 31.2 Å². The Morgan fingerprint density at radius 1 is 1.08 bits per heavy atom. The third-order valence-electron chi connectivity index (χ3n) is 7.02. The Morgan fingerprint density at radius 3 is 2.27 bits per heavy atom. The van der Waals surface area contributed by atoms with Gasteiger partial charge in [-0.15, -0.1) is 0 Å². The molecule has 0 aromatic heterocycles. The van der Waals surface area contributed by atoms with Crippen LogP contribution in [-0.4, -0.2) is 62.7 Å². The van der Waals surface area contributed by atoms with Crippen LogP contribution < -0.4 is 11.1 Å². The number of nitrogens with zero attached hydrogens (tertiary/aromatic N) is 1. The number of aliphatic hydroxyl groups is 1. The van der Waals surface area contributed by atoms with Gasteiger partial charge >= 0.3 is 0 Å². The number of amides is 1. The quantitative estimate of drug-likeness (QED) is 0.341. The minimum Gasteiger partial charge on any atom is -0.399 e. The van der Waals surface area contributed by atoms with Crippen LogP contribution in [0.1, 0.15) is 45.1 Å². The second-order valence-corrected chi connectivity index (χ2v) is 12.5. The monoisotopic (exact) mass is 531 g/mol. The number of nitrogen functional groups attached to an aromatic ring is 1. The standard InChI is InChI=1S/C28H41N3O5S/c1-21(2)18-31(37(34,35)24-13-11-23(29)12-14-24)19-26(32)25(17-22-9-5-4-6-10-22)30-27(33)28(20-36-3)15-7-8-16-28/h4-6,9-14,21,25-26,32H,7-8,15-20,29H2,1-3H3,(H,30,33)/t25-,26+/m0/s1. The van der Waals surface area contributed by atoms with Crippen molar-refractivity contribution in [3.05, 3.63) is 60.2 Å². The molecule has 37 heavy (non-hydrogen) atoms. The van der Waals surface area contributed by atoms with Gasteiger partial charge in [-0.1, -0.05) is 57.0 Å². The molecule has 4 N–H and O–H groups in total. The topological polar surface area (TPSA) is 122 Å². The number of sulfonamides is 1. The van der Waals surface area contributed by atoms with Crippen LogP contribution in [0.15, 0.2) is 59.5 Å². The number of aliphatic hydroxyl groups excluding tert-OH is 1. The summed E-state index contributed by atoms with van der Waals surface area (Å²) in [4.78, 5) is 13.6. The fourth-order valence-electron chi connectivity index (χ4n) is 5.04. The highest BCUT2D eigenvalue weighted by Crippen LogP contribution is 2.38. The predicted octanol–water partition coefficient (Wildman–Crippen LogP) is 3.21. The van der Waals surface area contributed by atoms with Gasteiger partial charge in [0.2, 0.25) is 15.9 Å². The number of ether oxygens (including phenoxy) is 1. The molecule has 0 spiro atoms. The van der Waals surface area contributed by atoms with Gasteiger partial charge in [0.1, 0.15) is 0 Å². The highest BCUT2D eigenvalue weighted by atomic mass is 32.2. The normalized spacial score (nSPS) is 17.1. The number of hydrogen-bond donors (Lipinski definition) is 3. The Hall–Kier alpha value is -2.46. The van der Waals surface area contributed by atoms with Gasteiger partial charge in [-0.05, 0) is 55.0 Å². The maximum Gasteiger partial charge on any atom is 0.243 e. The van der Waals surface area contributed by atoms with Gasteiger partial charge in [-0.2, -0.15) is 4.31 Å². The van der Waals surface area contributed by atoms with Crippen molar-refractivity contribution >= 4 is 21.6 Å². The van der Waals surface area contributed by atoms with Gasteiger partial charge in [0, 0.05) is 25.9 Å². The smallest absolute Gasteiger partial charge is 0.243 e. The lowest BCUT2D eigenvalue weighted by molar-refractivity contribution is -0.135. The molecule has 204 valence electrons. The Balaban J connectivity index is 1.88. The maximum atomic E-state index is 13.5. The lowest BCUT2D eigenvalue weighted by Gasteiger charge is -2.34. The zero-order valence-corrected chi connectivity index (χ0v) is 22.9. The SMILES string of the molecule is COCC1(C(=O)N[C@@H](Cc2ccccc2)[C@H](O)CN(CC(C)C)S(=O)(=O)c2ccc(N)cc2)CCCC1. The molecule has 0 radical (unpaired) electrons. The Kier molecular flexibility index (Phi) is 10.1. The van der Waals surface area contributed by atoms with Crippen LogP contribution in [0.25, 0.3) is 0 Å². The fourth-order valence-corrected chi connectivity index (χ4v) is 6.66. The molecule has 1 saturated carbocycles. The largest absolute Gasteiger partial charge is 0.399 e. The summed E-state index contributed by atoms with van der Waals surface area (Å²) < 4.78 is 33.8. The molecule has 0 unspecified atom stereocenters. The van der Waals surface area contributed by atoms with Crippen LogP contribution in [0, 0.1) is 11.3 Å². The second kappa shape index (κ2) is 12.9. The van der Waals surface area contributed by atoms with E-state index in [2.05, 4.69) is 5.32 Å². The molecule has 0 saturated heterocycles. The summed E-state index contributed by atoms with van der Waals surface area (Å²) in [5, 5.41) is 14.5. The summed E-state index contributed by atoms with van der Waals surface area (Å²) >= 11 is 0. The molecule has 1 aliphatic carbocycles. The van der Waals surface area contributed by atoms with Crippen LogP contribution in [0.5, 0.6) is 0 Å². The number of methoxy groups -OCH3 is 1. The van der Waals surface area contributed by atoms with Crippen molar-refractivity contribution < 1.29 is 23.1 Å². The number of rotatable bonds is 13. The number of hydrogen-bond acceptors (Lipinski definition) is 6. The van der Waals surface area contributed by atoms with Gasteiger partial charge < -0.3 is 20.9 Å². The van der Waals surface area contributed by atoms with Gasteiger partial charge in [0.25, 0.3) is 0 Å². The van der Waals surface area contributed by atoms with E-state index >= 15 is 0 Å². The van der Waals surface area contributed by atoms with E-state index in [-0.39, 0.29) is 29.8 Å². The van der Waals surface area contributed by atoms with Crippen LogP contribution in [0.3, 0.4) is 0 Å². The lowest BCUT2D eigenvalue weighted by atomic mass is 9.85. The number of anilines is 1. The van der Waals surface area contributed by atoms with Crippen LogP contribution >= 0.6 is 0 Å². The molecule has 8 nitrogen and oxygen atoms in total. The lowest BCUT2D eigenvalue weighted by Crippen LogP contribution is -2.54. The van der Waals surface area contributed by atoms with E-state index in [9.17, 15) is 18.3 Å². The van der Waals surface area contributed by atoms with Gasteiger partial charge in [0.15, 0.2) is 0 Å².